The Hall–Kier alpha value is -3.81. The number of aromatic nitrogens is 3. The van der Waals surface area contributed by atoms with E-state index in [0.29, 0.717) is 16.5 Å². The van der Waals surface area contributed by atoms with Gasteiger partial charge in [0.25, 0.3) is 11.8 Å². The number of amides is 2. The zero-order valence-corrected chi connectivity index (χ0v) is 12.7. The molecule has 0 aliphatic carbocycles. The number of H-pyrrole nitrogens is 1. The molecule has 0 atom stereocenters. The van der Waals surface area contributed by atoms with Crippen LogP contribution in [0.25, 0.3) is 11.4 Å². The quantitative estimate of drug-likeness (QED) is 0.733. The molecule has 0 fully saturated rings. The molecular weight excluding hydrogens is 324 g/mol. The number of benzene rings is 2. The summed E-state index contributed by atoms with van der Waals surface area (Å²) in [5, 5.41) is 6.92. The van der Waals surface area contributed by atoms with Crippen LogP contribution in [-0.4, -0.2) is 38.0 Å². The number of nitrogens with one attached hydrogen (secondary N) is 1. The van der Waals surface area contributed by atoms with Crippen LogP contribution in [0, 0.1) is 0 Å². The first-order chi connectivity index (χ1) is 12.1. The van der Waals surface area contributed by atoms with Crippen LogP contribution in [0.2, 0.25) is 0 Å². The maximum absolute atomic E-state index is 12.4. The highest BCUT2D eigenvalue weighted by Gasteiger charge is 2.38. The van der Waals surface area contributed by atoms with Gasteiger partial charge in [0.15, 0.2) is 5.82 Å². The summed E-state index contributed by atoms with van der Waals surface area (Å²) in [4.78, 5) is 45.8. The van der Waals surface area contributed by atoms with E-state index < -0.39 is 17.8 Å². The number of hydrogen-bond acceptors (Lipinski definition) is 6. The van der Waals surface area contributed by atoms with Crippen molar-refractivity contribution >= 4 is 17.8 Å². The van der Waals surface area contributed by atoms with Gasteiger partial charge in [-0.25, -0.2) is 9.78 Å². The van der Waals surface area contributed by atoms with E-state index in [2.05, 4.69) is 15.2 Å². The third-order valence-electron chi connectivity index (χ3n) is 3.72. The first-order valence-corrected chi connectivity index (χ1v) is 7.31. The second-order valence-electron chi connectivity index (χ2n) is 5.24. The van der Waals surface area contributed by atoms with Gasteiger partial charge < -0.3 is 4.84 Å². The number of nitrogens with zero attached hydrogens (tertiary/aromatic N) is 3. The van der Waals surface area contributed by atoms with E-state index in [1.54, 1.807) is 24.3 Å². The SMILES string of the molecule is O=C(ON1C(=O)c2ccccc2C1=O)c1cccc(-c2ncn[nH]2)c1. The summed E-state index contributed by atoms with van der Waals surface area (Å²) in [6, 6.07) is 12.7. The third kappa shape index (κ3) is 2.45. The fraction of sp³-hybridized carbons (Fsp3) is 0. The standard InChI is InChI=1S/C17H10N4O4/c22-15-12-6-1-2-7-13(12)16(23)21(15)25-17(24)11-5-3-4-10(8-11)14-18-9-19-20-14/h1-9H,(H,18,19,20). The first-order valence-electron chi connectivity index (χ1n) is 7.31. The van der Waals surface area contributed by atoms with Crippen LogP contribution in [0.5, 0.6) is 0 Å². The maximum atomic E-state index is 12.4. The van der Waals surface area contributed by atoms with Crippen molar-refractivity contribution in [2.75, 3.05) is 0 Å². The first kappa shape index (κ1) is 14.8. The lowest BCUT2D eigenvalue weighted by Gasteiger charge is -2.12. The molecule has 2 aromatic carbocycles. The average molecular weight is 334 g/mol. The molecule has 2 heterocycles. The molecule has 0 saturated heterocycles. The molecule has 2 amide bonds. The Labute approximate surface area is 141 Å². The highest BCUT2D eigenvalue weighted by molar-refractivity contribution is 6.21. The van der Waals surface area contributed by atoms with Crippen molar-refractivity contribution in [1.82, 2.24) is 20.2 Å². The zero-order valence-electron chi connectivity index (χ0n) is 12.7. The molecule has 0 saturated carbocycles. The van der Waals surface area contributed by atoms with Gasteiger partial charge in [0.05, 0.1) is 16.7 Å². The molecule has 1 N–H and O–H groups in total. The average Bonchev–Trinajstić information content (AvgIpc) is 3.26. The summed E-state index contributed by atoms with van der Waals surface area (Å²) in [5.74, 6) is -1.67. The lowest BCUT2D eigenvalue weighted by atomic mass is 10.1. The molecule has 8 heteroatoms. The van der Waals surface area contributed by atoms with Crippen molar-refractivity contribution in [3.8, 4) is 11.4 Å². The van der Waals surface area contributed by atoms with Crippen molar-refractivity contribution in [2.24, 2.45) is 0 Å². The van der Waals surface area contributed by atoms with Crippen molar-refractivity contribution in [1.29, 1.82) is 0 Å². The van der Waals surface area contributed by atoms with Gasteiger partial charge in [-0.2, -0.15) is 5.10 Å². The Kier molecular flexibility index (Phi) is 3.35. The van der Waals surface area contributed by atoms with Gasteiger partial charge in [0.2, 0.25) is 0 Å². The number of aromatic amines is 1. The maximum Gasteiger partial charge on any atom is 0.363 e. The third-order valence-corrected chi connectivity index (χ3v) is 3.72. The molecule has 0 unspecified atom stereocenters. The molecule has 0 spiro atoms. The van der Waals surface area contributed by atoms with Crippen LogP contribution >= 0.6 is 0 Å². The fourth-order valence-electron chi connectivity index (χ4n) is 2.52. The number of carbonyl (C=O) groups excluding carboxylic acids is 3. The summed E-state index contributed by atoms with van der Waals surface area (Å²) in [7, 11) is 0. The molecule has 1 aromatic heterocycles. The van der Waals surface area contributed by atoms with E-state index in [-0.39, 0.29) is 16.7 Å². The van der Waals surface area contributed by atoms with E-state index in [9.17, 15) is 14.4 Å². The largest absolute Gasteiger partial charge is 0.363 e. The Morgan fingerprint density at radius 2 is 1.72 bits per heavy atom. The Bertz CT molecular complexity index is 962. The van der Waals surface area contributed by atoms with Crippen LogP contribution in [0.15, 0.2) is 54.9 Å². The van der Waals surface area contributed by atoms with Gasteiger partial charge >= 0.3 is 5.97 Å². The minimum atomic E-state index is -0.823. The van der Waals surface area contributed by atoms with Crippen molar-refractivity contribution < 1.29 is 19.2 Å². The molecule has 25 heavy (non-hydrogen) atoms. The topological polar surface area (TPSA) is 105 Å². The molecule has 1 aliphatic rings. The van der Waals surface area contributed by atoms with Gasteiger partial charge in [0.1, 0.15) is 6.33 Å². The smallest absolute Gasteiger partial charge is 0.324 e. The van der Waals surface area contributed by atoms with E-state index in [1.165, 1.54) is 30.6 Å². The normalized spacial score (nSPS) is 13.0. The molecule has 0 bridgehead atoms. The van der Waals surface area contributed by atoms with E-state index in [4.69, 9.17) is 4.84 Å². The van der Waals surface area contributed by atoms with Crippen molar-refractivity contribution in [3.63, 3.8) is 0 Å². The molecular formula is C17H10N4O4. The Morgan fingerprint density at radius 3 is 2.36 bits per heavy atom. The van der Waals surface area contributed by atoms with Crippen molar-refractivity contribution in [2.45, 2.75) is 0 Å². The minimum Gasteiger partial charge on any atom is -0.324 e. The van der Waals surface area contributed by atoms with Crippen molar-refractivity contribution in [3.05, 3.63) is 71.5 Å². The van der Waals surface area contributed by atoms with Gasteiger partial charge in [-0.1, -0.05) is 29.3 Å². The lowest BCUT2D eigenvalue weighted by Crippen LogP contribution is -2.32. The van der Waals surface area contributed by atoms with E-state index in [0.717, 1.165) is 0 Å². The number of fused-ring (bicyclic) bond motifs is 1. The summed E-state index contributed by atoms with van der Waals surface area (Å²) < 4.78 is 0. The number of imide groups is 1. The number of carbonyl (C=O) groups is 3. The Morgan fingerprint density at radius 1 is 1.00 bits per heavy atom. The minimum absolute atomic E-state index is 0.172. The number of hydroxylamine groups is 2. The van der Waals surface area contributed by atoms with Gasteiger partial charge in [-0.05, 0) is 24.3 Å². The van der Waals surface area contributed by atoms with Crippen LogP contribution in [0.4, 0.5) is 0 Å². The van der Waals surface area contributed by atoms with Gasteiger partial charge in [0, 0.05) is 5.56 Å². The lowest BCUT2D eigenvalue weighted by molar-refractivity contribution is -0.0584. The predicted octanol–water partition coefficient (Wildman–Crippen LogP) is 1.84. The summed E-state index contributed by atoms with van der Waals surface area (Å²) in [6.07, 6.45) is 1.35. The van der Waals surface area contributed by atoms with E-state index >= 15 is 0 Å². The van der Waals surface area contributed by atoms with E-state index in [1.807, 2.05) is 0 Å². The van der Waals surface area contributed by atoms with Crippen LogP contribution in [0.1, 0.15) is 31.1 Å². The molecule has 8 nitrogen and oxygen atoms in total. The number of rotatable bonds is 3. The molecule has 122 valence electrons. The van der Waals surface area contributed by atoms with Gasteiger partial charge in [-0.15, -0.1) is 0 Å². The molecule has 3 aromatic rings. The monoisotopic (exact) mass is 334 g/mol. The Balaban J connectivity index is 1.58. The highest BCUT2D eigenvalue weighted by atomic mass is 16.7. The molecule has 0 radical (unpaired) electrons. The predicted molar refractivity (Wildman–Crippen MR) is 84.2 cm³/mol. The number of hydrogen-bond donors (Lipinski definition) is 1. The second kappa shape index (κ2) is 5.68. The summed E-state index contributed by atoms with van der Waals surface area (Å²) in [6.45, 7) is 0. The van der Waals surface area contributed by atoms with Gasteiger partial charge in [-0.3, -0.25) is 14.7 Å². The second-order valence-corrected chi connectivity index (χ2v) is 5.24. The van der Waals surface area contributed by atoms with Crippen LogP contribution in [-0.2, 0) is 4.84 Å². The molecule has 4 rings (SSSR count). The summed E-state index contributed by atoms with van der Waals surface area (Å²) >= 11 is 0. The molecule has 1 aliphatic heterocycles. The van der Waals surface area contributed by atoms with Crippen LogP contribution < -0.4 is 0 Å². The zero-order chi connectivity index (χ0) is 17.4. The summed E-state index contributed by atoms with van der Waals surface area (Å²) in [5.41, 5.74) is 1.20. The highest BCUT2D eigenvalue weighted by Crippen LogP contribution is 2.24. The van der Waals surface area contributed by atoms with Crippen LogP contribution in [0.3, 0.4) is 0 Å². The fourth-order valence-corrected chi connectivity index (χ4v) is 2.52.